The van der Waals surface area contributed by atoms with Gasteiger partial charge in [-0.05, 0) is 38.0 Å². The first-order valence-corrected chi connectivity index (χ1v) is 8.74. The van der Waals surface area contributed by atoms with Crippen molar-refractivity contribution in [1.29, 1.82) is 0 Å². The van der Waals surface area contributed by atoms with Crippen LogP contribution in [0.3, 0.4) is 0 Å². The molecule has 0 atom stereocenters. The summed E-state index contributed by atoms with van der Waals surface area (Å²) in [5.74, 6) is 2.49. The van der Waals surface area contributed by atoms with Gasteiger partial charge in [0.05, 0.1) is 33.1 Å². The third-order valence-corrected chi connectivity index (χ3v) is 4.38. The smallest absolute Gasteiger partial charge is 0.203 e. The van der Waals surface area contributed by atoms with E-state index in [1.807, 2.05) is 18.2 Å². The standard InChI is InChI=1S/C21H25N3O3/c1-21(2)12-15-8-6-7-9-16(15)20(23-21)24-22-13-14-10-17(25-3)19(27-5)18(11-14)26-4/h6-11,13H,12H2,1-5H3,(H,23,24). The summed E-state index contributed by atoms with van der Waals surface area (Å²) in [5.41, 5.74) is 6.09. The first-order chi connectivity index (χ1) is 13.0. The predicted octanol–water partition coefficient (Wildman–Crippen LogP) is 3.42. The molecule has 0 amide bonds. The molecule has 0 saturated heterocycles. The molecule has 0 aromatic heterocycles. The molecule has 142 valence electrons. The van der Waals surface area contributed by atoms with Crippen LogP contribution in [-0.4, -0.2) is 38.9 Å². The fourth-order valence-electron chi connectivity index (χ4n) is 3.20. The third kappa shape index (κ3) is 4.05. The van der Waals surface area contributed by atoms with Gasteiger partial charge in [0, 0.05) is 11.1 Å². The van der Waals surface area contributed by atoms with Crippen molar-refractivity contribution in [3.8, 4) is 17.2 Å². The number of nitrogens with one attached hydrogen (secondary N) is 1. The van der Waals surface area contributed by atoms with Crippen LogP contribution in [0.15, 0.2) is 46.5 Å². The monoisotopic (exact) mass is 367 g/mol. The molecule has 0 saturated carbocycles. The summed E-state index contributed by atoms with van der Waals surface area (Å²) in [6.45, 7) is 4.24. The highest BCUT2D eigenvalue weighted by Gasteiger charge is 2.26. The molecule has 2 aromatic carbocycles. The molecule has 1 aliphatic heterocycles. The van der Waals surface area contributed by atoms with E-state index in [2.05, 4.69) is 42.6 Å². The Morgan fingerprint density at radius 3 is 2.33 bits per heavy atom. The van der Waals surface area contributed by atoms with Crippen molar-refractivity contribution in [3.05, 3.63) is 53.1 Å². The summed E-state index contributed by atoms with van der Waals surface area (Å²) in [6.07, 6.45) is 2.61. The number of methoxy groups -OCH3 is 3. The van der Waals surface area contributed by atoms with Gasteiger partial charge >= 0.3 is 0 Å². The lowest BCUT2D eigenvalue weighted by Gasteiger charge is -2.28. The van der Waals surface area contributed by atoms with E-state index in [0.29, 0.717) is 17.2 Å². The van der Waals surface area contributed by atoms with Crippen LogP contribution in [0, 0.1) is 0 Å². The lowest BCUT2D eigenvalue weighted by atomic mass is 9.89. The largest absolute Gasteiger partial charge is 0.493 e. The molecule has 0 unspecified atom stereocenters. The summed E-state index contributed by atoms with van der Waals surface area (Å²) < 4.78 is 16.1. The number of hydrazone groups is 1. The zero-order chi connectivity index (χ0) is 19.4. The molecule has 3 rings (SSSR count). The van der Waals surface area contributed by atoms with E-state index in [1.54, 1.807) is 27.5 Å². The minimum atomic E-state index is -0.168. The minimum absolute atomic E-state index is 0.168. The number of amidine groups is 1. The van der Waals surface area contributed by atoms with Gasteiger partial charge in [-0.25, -0.2) is 0 Å². The van der Waals surface area contributed by atoms with Crippen molar-refractivity contribution >= 4 is 12.1 Å². The lowest BCUT2D eigenvalue weighted by Crippen LogP contribution is -2.34. The molecule has 6 heteroatoms. The second-order valence-electron chi connectivity index (χ2n) is 6.94. The van der Waals surface area contributed by atoms with Crippen LogP contribution in [0.25, 0.3) is 0 Å². The highest BCUT2D eigenvalue weighted by atomic mass is 16.5. The number of ether oxygens (including phenoxy) is 3. The maximum Gasteiger partial charge on any atom is 0.203 e. The van der Waals surface area contributed by atoms with Crippen molar-refractivity contribution in [2.75, 3.05) is 21.3 Å². The van der Waals surface area contributed by atoms with Gasteiger partial charge in [-0.3, -0.25) is 10.4 Å². The van der Waals surface area contributed by atoms with E-state index >= 15 is 0 Å². The van der Waals surface area contributed by atoms with Crippen molar-refractivity contribution in [1.82, 2.24) is 5.43 Å². The van der Waals surface area contributed by atoms with E-state index in [-0.39, 0.29) is 5.54 Å². The Labute approximate surface area is 159 Å². The molecule has 1 aliphatic rings. The van der Waals surface area contributed by atoms with Crippen molar-refractivity contribution in [3.63, 3.8) is 0 Å². The van der Waals surface area contributed by atoms with Crippen LogP contribution in [0.1, 0.15) is 30.5 Å². The SMILES string of the molecule is COc1cc(C=NNC2=NC(C)(C)Cc3ccccc32)cc(OC)c1OC. The van der Waals surface area contributed by atoms with Gasteiger partial charge in [0.2, 0.25) is 5.75 Å². The quantitative estimate of drug-likeness (QED) is 0.650. The molecular weight excluding hydrogens is 342 g/mol. The topological polar surface area (TPSA) is 64.4 Å². The Bertz CT molecular complexity index is 863. The molecule has 6 nitrogen and oxygen atoms in total. The molecule has 27 heavy (non-hydrogen) atoms. The average molecular weight is 367 g/mol. The number of nitrogens with zero attached hydrogens (tertiary/aromatic N) is 2. The number of aliphatic imine (C=N–C) groups is 1. The second kappa shape index (κ2) is 7.70. The van der Waals surface area contributed by atoms with E-state index in [1.165, 1.54) is 5.56 Å². The highest BCUT2D eigenvalue weighted by molar-refractivity contribution is 6.01. The maximum absolute atomic E-state index is 5.38. The van der Waals surface area contributed by atoms with Crippen LogP contribution in [0.5, 0.6) is 17.2 Å². The van der Waals surface area contributed by atoms with Gasteiger partial charge in [0.15, 0.2) is 11.5 Å². The van der Waals surface area contributed by atoms with Crippen LogP contribution in [0.2, 0.25) is 0 Å². The molecule has 0 aliphatic carbocycles. The van der Waals surface area contributed by atoms with Crippen LogP contribution < -0.4 is 19.6 Å². The summed E-state index contributed by atoms with van der Waals surface area (Å²) in [5, 5.41) is 4.38. The molecule has 2 aromatic rings. The summed E-state index contributed by atoms with van der Waals surface area (Å²) in [6, 6.07) is 11.9. The Hall–Kier alpha value is -3.02. The molecule has 0 fully saturated rings. The Morgan fingerprint density at radius 1 is 1.04 bits per heavy atom. The summed E-state index contributed by atoms with van der Waals surface area (Å²) in [4.78, 5) is 4.80. The Morgan fingerprint density at radius 2 is 1.70 bits per heavy atom. The predicted molar refractivity (Wildman–Crippen MR) is 108 cm³/mol. The van der Waals surface area contributed by atoms with Crippen LogP contribution in [-0.2, 0) is 6.42 Å². The normalized spacial score (nSPS) is 15.1. The molecule has 0 bridgehead atoms. The number of fused-ring (bicyclic) bond motifs is 1. The van der Waals surface area contributed by atoms with Gasteiger partial charge in [0.25, 0.3) is 0 Å². The minimum Gasteiger partial charge on any atom is -0.493 e. The van der Waals surface area contributed by atoms with Crippen molar-refractivity contribution in [2.45, 2.75) is 25.8 Å². The van der Waals surface area contributed by atoms with Gasteiger partial charge in [-0.1, -0.05) is 24.3 Å². The molecule has 0 radical (unpaired) electrons. The van der Waals surface area contributed by atoms with E-state index in [0.717, 1.165) is 23.4 Å². The zero-order valence-electron chi connectivity index (χ0n) is 16.4. The van der Waals surface area contributed by atoms with Crippen LogP contribution >= 0.6 is 0 Å². The Balaban J connectivity index is 1.86. The number of benzene rings is 2. The fraction of sp³-hybridized carbons (Fsp3) is 0.333. The van der Waals surface area contributed by atoms with Crippen molar-refractivity contribution < 1.29 is 14.2 Å². The lowest BCUT2D eigenvalue weighted by molar-refractivity contribution is 0.324. The molecule has 0 spiro atoms. The fourth-order valence-corrected chi connectivity index (χ4v) is 3.20. The third-order valence-electron chi connectivity index (χ3n) is 4.38. The van der Waals surface area contributed by atoms with E-state index in [9.17, 15) is 0 Å². The maximum atomic E-state index is 5.38. The summed E-state index contributed by atoms with van der Waals surface area (Å²) >= 11 is 0. The molecule has 1 N–H and O–H groups in total. The van der Waals surface area contributed by atoms with Gasteiger partial charge in [0.1, 0.15) is 5.84 Å². The average Bonchev–Trinajstić information content (AvgIpc) is 2.66. The van der Waals surface area contributed by atoms with Crippen LogP contribution in [0.4, 0.5) is 0 Å². The van der Waals surface area contributed by atoms with E-state index < -0.39 is 0 Å². The number of hydrogen-bond donors (Lipinski definition) is 1. The zero-order valence-corrected chi connectivity index (χ0v) is 16.4. The number of hydrogen-bond acceptors (Lipinski definition) is 6. The van der Waals surface area contributed by atoms with Gasteiger partial charge in [-0.2, -0.15) is 5.10 Å². The van der Waals surface area contributed by atoms with Gasteiger partial charge < -0.3 is 14.2 Å². The van der Waals surface area contributed by atoms with E-state index in [4.69, 9.17) is 19.2 Å². The first kappa shape index (κ1) is 18.8. The van der Waals surface area contributed by atoms with Crippen molar-refractivity contribution in [2.24, 2.45) is 10.1 Å². The second-order valence-corrected chi connectivity index (χ2v) is 6.94. The van der Waals surface area contributed by atoms with Gasteiger partial charge in [-0.15, -0.1) is 0 Å². The molecular formula is C21H25N3O3. The summed E-state index contributed by atoms with van der Waals surface area (Å²) in [7, 11) is 4.76. The highest BCUT2D eigenvalue weighted by Crippen LogP contribution is 2.37. The number of rotatable bonds is 5. The molecule has 1 heterocycles. The first-order valence-electron chi connectivity index (χ1n) is 8.74. The Kier molecular flexibility index (Phi) is 5.35.